The fraction of sp³-hybridized carbons (Fsp3) is 0.0769. The molecule has 0 aliphatic rings. The van der Waals surface area contributed by atoms with Crippen LogP contribution in [0.5, 0.6) is 0 Å². The minimum absolute atomic E-state index is 0.00914. The van der Waals surface area contributed by atoms with Crippen LogP contribution in [0.4, 0.5) is 0 Å². The third kappa shape index (κ3) is 3.17. The Morgan fingerprint density at radius 1 is 0.933 bits per heavy atom. The van der Waals surface area contributed by atoms with E-state index in [0.717, 1.165) is 0 Å². The summed E-state index contributed by atoms with van der Waals surface area (Å²) >= 11 is 2.34. The van der Waals surface area contributed by atoms with Gasteiger partial charge in [-0.3, -0.25) is 0 Å². The quantitative estimate of drug-likeness (QED) is 0.628. The first-order valence-electron chi connectivity index (χ1n) is 4.72. The highest BCUT2D eigenvalue weighted by atomic mass is 127. The molecule has 0 aliphatic carbocycles. The van der Waals surface area contributed by atoms with Gasteiger partial charge in [0.1, 0.15) is 0 Å². The lowest BCUT2D eigenvalue weighted by molar-refractivity contribution is -0.598. The van der Waals surface area contributed by atoms with E-state index >= 15 is 0 Å². The van der Waals surface area contributed by atoms with Crippen LogP contribution in [0.3, 0.4) is 0 Å². The third-order valence-electron chi connectivity index (χ3n) is 2.09. The predicted molar refractivity (Wildman–Crippen MR) is 67.7 cm³/mol. The molecule has 0 bridgehead atoms. The lowest BCUT2D eigenvalue weighted by Gasteiger charge is -1.92. The molecule has 0 radical (unpaired) electrons. The van der Waals surface area contributed by atoms with E-state index in [9.17, 15) is 0 Å². The van der Waals surface area contributed by atoms with Gasteiger partial charge in [-0.25, -0.2) is 0 Å². The Balaban J connectivity index is 2.22. The SMILES string of the molecule is Cc1ccccc1[I+]c1ccc(I)cc1. The second-order valence-corrected chi connectivity index (χ2v) is 7.47. The van der Waals surface area contributed by atoms with Crippen molar-refractivity contribution >= 4 is 22.6 Å². The topological polar surface area (TPSA) is 0 Å². The molecule has 15 heavy (non-hydrogen) atoms. The Morgan fingerprint density at radius 2 is 1.60 bits per heavy atom. The number of hydrogen-bond donors (Lipinski definition) is 0. The molecular weight excluding hydrogens is 410 g/mol. The normalized spacial score (nSPS) is 10.3. The number of aryl methyl sites for hydroxylation is 1. The molecule has 0 saturated heterocycles. The minimum atomic E-state index is -0.00914. The van der Waals surface area contributed by atoms with E-state index in [4.69, 9.17) is 0 Å². The summed E-state index contributed by atoms with van der Waals surface area (Å²) in [6, 6.07) is 17.6. The molecule has 0 saturated carbocycles. The first kappa shape index (κ1) is 11.4. The average Bonchev–Trinajstić information content (AvgIpc) is 2.25. The van der Waals surface area contributed by atoms with Crippen molar-refractivity contribution in [2.24, 2.45) is 0 Å². The van der Waals surface area contributed by atoms with Crippen LogP contribution in [-0.2, 0) is 0 Å². The van der Waals surface area contributed by atoms with Gasteiger partial charge in [0.2, 0.25) is 0 Å². The Bertz CT molecular complexity index is 446. The predicted octanol–water partition coefficient (Wildman–Crippen LogP) is 0.728. The van der Waals surface area contributed by atoms with Crippen molar-refractivity contribution in [3.63, 3.8) is 0 Å². The average molecular weight is 421 g/mol. The van der Waals surface area contributed by atoms with E-state index in [0.29, 0.717) is 0 Å². The van der Waals surface area contributed by atoms with Gasteiger partial charge in [0.05, 0.1) is 0 Å². The summed E-state index contributed by atoms with van der Waals surface area (Å²) in [5, 5.41) is 0. The summed E-state index contributed by atoms with van der Waals surface area (Å²) in [6.07, 6.45) is 0. The Morgan fingerprint density at radius 3 is 2.27 bits per heavy atom. The van der Waals surface area contributed by atoms with Gasteiger partial charge in [0, 0.05) is 9.13 Å². The number of rotatable bonds is 2. The maximum Gasteiger partial charge on any atom is 0.358 e. The molecule has 0 amide bonds. The highest BCUT2D eigenvalue weighted by Crippen LogP contribution is 2.01. The van der Waals surface area contributed by atoms with Crippen molar-refractivity contribution in [3.05, 3.63) is 64.8 Å². The van der Waals surface area contributed by atoms with Crippen LogP contribution in [0.2, 0.25) is 0 Å². The summed E-state index contributed by atoms with van der Waals surface area (Å²) in [5.74, 6) is 0. The largest absolute Gasteiger partial charge is 0.358 e. The van der Waals surface area contributed by atoms with Gasteiger partial charge < -0.3 is 0 Å². The Labute approximate surface area is 115 Å². The highest BCUT2D eigenvalue weighted by molar-refractivity contribution is 14.1. The van der Waals surface area contributed by atoms with Gasteiger partial charge in [-0.2, -0.15) is 0 Å². The zero-order valence-corrected chi connectivity index (χ0v) is 12.7. The van der Waals surface area contributed by atoms with Crippen molar-refractivity contribution < 1.29 is 21.2 Å². The van der Waals surface area contributed by atoms with Gasteiger partial charge >= 0.3 is 21.2 Å². The van der Waals surface area contributed by atoms with Crippen molar-refractivity contribution in [1.29, 1.82) is 0 Å². The van der Waals surface area contributed by atoms with Gasteiger partial charge in [-0.15, -0.1) is 0 Å². The molecule has 0 spiro atoms. The van der Waals surface area contributed by atoms with Crippen molar-refractivity contribution in [1.82, 2.24) is 0 Å². The van der Waals surface area contributed by atoms with E-state index in [1.807, 2.05) is 0 Å². The first-order chi connectivity index (χ1) is 7.25. The lowest BCUT2D eigenvalue weighted by atomic mass is 10.2. The number of benzene rings is 2. The fourth-order valence-electron chi connectivity index (χ4n) is 1.27. The maximum absolute atomic E-state index is 2.35. The van der Waals surface area contributed by atoms with Gasteiger partial charge in [-0.1, -0.05) is 18.2 Å². The first-order valence-corrected chi connectivity index (χ1v) is 7.95. The van der Waals surface area contributed by atoms with Crippen LogP contribution in [0.25, 0.3) is 0 Å². The molecule has 0 fully saturated rings. The van der Waals surface area contributed by atoms with Crippen LogP contribution in [0.1, 0.15) is 5.56 Å². The lowest BCUT2D eigenvalue weighted by Crippen LogP contribution is -3.61. The second-order valence-electron chi connectivity index (χ2n) is 3.28. The Hall–Kier alpha value is -0.100. The van der Waals surface area contributed by atoms with Crippen LogP contribution in [0.15, 0.2) is 48.5 Å². The third-order valence-corrected chi connectivity index (χ3v) is 5.94. The molecule has 0 N–H and O–H groups in total. The van der Waals surface area contributed by atoms with Crippen molar-refractivity contribution in [2.75, 3.05) is 0 Å². The second kappa shape index (κ2) is 5.30. The molecule has 0 atom stereocenters. The van der Waals surface area contributed by atoms with E-state index < -0.39 is 0 Å². The smallest absolute Gasteiger partial charge is 0.0617 e. The molecule has 2 heteroatoms. The van der Waals surface area contributed by atoms with E-state index in [-0.39, 0.29) is 21.2 Å². The molecule has 0 unspecified atom stereocenters. The number of halogens is 2. The maximum atomic E-state index is 2.35. The van der Waals surface area contributed by atoms with Gasteiger partial charge in [-0.05, 0) is 59.8 Å². The van der Waals surface area contributed by atoms with E-state index in [2.05, 4.69) is 78.0 Å². The van der Waals surface area contributed by atoms with Crippen molar-refractivity contribution in [3.8, 4) is 0 Å². The standard InChI is InChI=1S/C13H11I2/c1-10-4-2-3-5-13(10)15-12-8-6-11(14)7-9-12/h2-9H,1H3/q+1. The summed E-state index contributed by atoms with van der Waals surface area (Å²) in [6.45, 7) is 2.20. The van der Waals surface area contributed by atoms with Crippen LogP contribution in [0, 0.1) is 17.6 Å². The molecule has 0 aromatic heterocycles. The molecular formula is C13H11I2+. The molecule has 0 aliphatic heterocycles. The molecule has 76 valence electrons. The monoisotopic (exact) mass is 421 g/mol. The van der Waals surface area contributed by atoms with Crippen LogP contribution in [-0.4, -0.2) is 0 Å². The molecule has 0 heterocycles. The zero-order chi connectivity index (χ0) is 10.7. The minimum Gasteiger partial charge on any atom is -0.0617 e. The summed E-state index contributed by atoms with van der Waals surface area (Å²) in [5.41, 5.74) is 1.42. The highest BCUT2D eigenvalue weighted by Gasteiger charge is 2.16. The van der Waals surface area contributed by atoms with Crippen molar-refractivity contribution in [2.45, 2.75) is 6.92 Å². The molecule has 2 aromatic carbocycles. The van der Waals surface area contributed by atoms with E-state index in [1.54, 1.807) is 0 Å². The Kier molecular flexibility index (Phi) is 4.02. The summed E-state index contributed by atoms with van der Waals surface area (Å²) < 4.78 is 4.33. The summed E-state index contributed by atoms with van der Waals surface area (Å²) in [4.78, 5) is 0. The van der Waals surface area contributed by atoms with Gasteiger partial charge in [0.25, 0.3) is 0 Å². The molecule has 2 aromatic rings. The molecule has 0 nitrogen and oxygen atoms in total. The fourth-order valence-corrected chi connectivity index (χ4v) is 4.01. The molecule has 2 rings (SSSR count). The zero-order valence-electron chi connectivity index (χ0n) is 8.37. The number of hydrogen-bond acceptors (Lipinski definition) is 0. The summed E-state index contributed by atoms with van der Waals surface area (Å²) in [7, 11) is 0. The van der Waals surface area contributed by atoms with E-state index in [1.165, 1.54) is 16.3 Å². The van der Waals surface area contributed by atoms with Crippen LogP contribution >= 0.6 is 22.6 Å². The van der Waals surface area contributed by atoms with Crippen LogP contribution < -0.4 is 21.2 Å². The van der Waals surface area contributed by atoms with Gasteiger partial charge in [0.15, 0.2) is 7.14 Å².